The summed E-state index contributed by atoms with van der Waals surface area (Å²) in [5.41, 5.74) is 0.920. The second-order valence-corrected chi connectivity index (χ2v) is 8.13. The molecule has 0 aromatic carbocycles. The number of hydrogen-bond acceptors (Lipinski definition) is 1. The van der Waals surface area contributed by atoms with Crippen LogP contribution in [0, 0.1) is 22.7 Å². The molecule has 1 saturated carbocycles. The molecule has 1 aliphatic heterocycles. The summed E-state index contributed by atoms with van der Waals surface area (Å²) in [7, 11) is 0. The highest BCUT2D eigenvalue weighted by Crippen LogP contribution is 2.48. The highest BCUT2D eigenvalue weighted by molar-refractivity contribution is 4.99. The van der Waals surface area contributed by atoms with Crippen molar-refractivity contribution in [3.8, 4) is 0 Å². The second kappa shape index (κ2) is 3.73. The van der Waals surface area contributed by atoms with Crippen molar-refractivity contribution in [2.24, 2.45) is 22.7 Å². The van der Waals surface area contributed by atoms with Gasteiger partial charge in [0.15, 0.2) is 0 Å². The van der Waals surface area contributed by atoms with E-state index in [4.69, 9.17) is 0 Å². The van der Waals surface area contributed by atoms with E-state index in [0.717, 1.165) is 17.9 Å². The van der Waals surface area contributed by atoms with E-state index >= 15 is 0 Å². The maximum atomic E-state index is 2.77. The first-order chi connectivity index (χ1) is 7.19. The summed E-state index contributed by atoms with van der Waals surface area (Å²) in [6, 6.07) is 0.942. The van der Waals surface area contributed by atoms with E-state index in [0.29, 0.717) is 10.8 Å². The van der Waals surface area contributed by atoms with E-state index in [2.05, 4.69) is 46.4 Å². The zero-order valence-corrected chi connectivity index (χ0v) is 12.0. The molecule has 0 aromatic rings. The Hall–Kier alpha value is -0.0400. The summed E-state index contributed by atoms with van der Waals surface area (Å²) >= 11 is 0. The molecule has 0 N–H and O–H groups in total. The van der Waals surface area contributed by atoms with Gasteiger partial charge in [0.05, 0.1) is 0 Å². The van der Waals surface area contributed by atoms with E-state index in [1.165, 1.54) is 25.9 Å². The first kappa shape index (κ1) is 12.4. The van der Waals surface area contributed by atoms with Crippen molar-refractivity contribution in [1.29, 1.82) is 0 Å². The smallest absolute Gasteiger partial charge is 0.00966 e. The molecule has 0 bridgehead atoms. The lowest BCUT2D eigenvalue weighted by Gasteiger charge is -2.38. The van der Waals surface area contributed by atoms with Crippen LogP contribution in [0.25, 0.3) is 0 Å². The first-order valence-corrected chi connectivity index (χ1v) is 6.93. The van der Waals surface area contributed by atoms with E-state index < -0.39 is 0 Å². The Morgan fingerprint density at radius 1 is 0.750 bits per heavy atom. The summed E-state index contributed by atoms with van der Waals surface area (Å²) in [6.45, 7) is 17.2. The Kier molecular flexibility index (Phi) is 2.89. The zero-order chi connectivity index (χ0) is 12.1. The number of nitrogens with zero attached hydrogens (tertiary/aromatic N) is 1. The van der Waals surface area contributed by atoms with Crippen LogP contribution in [0.1, 0.15) is 54.4 Å². The molecule has 1 aliphatic carbocycles. The van der Waals surface area contributed by atoms with Gasteiger partial charge in [0.2, 0.25) is 0 Å². The average molecular weight is 223 g/mol. The van der Waals surface area contributed by atoms with Crippen LogP contribution in [0.15, 0.2) is 0 Å². The largest absolute Gasteiger partial charge is 0.300 e. The maximum absolute atomic E-state index is 2.77. The predicted octanol–water partition coefficient (Wildman–Crippen LogP) is 3.79. The van der Waals surface area contributed by atoms with Crippen LogP contribution in [-0.4, -0.2) is 24.0 Å². The van der Waals surface area contributed by atoms with Crippen molar-refractivity contribution < 1.29 is 0 Å². The fraction of sp³-hybridized carbons (Fsp3) is 1.00. The first-order valence-electron chi connectivity index (χ1n) is 6.93. The van der Waals surface area contributed by atoms with Gasteiger partial charge in [0.25, 0.3) is 0 Å². The van der Waals surface area contributed by atoms with Crippen molar-refractivity contribution in [3.63, 3.8) is 0 Å². The minimum absolute atomic E-state index is 0.460. The number of likely N-dealkylation sites (tertiary alicyclic amines) is 1. The molecule has 1 heteroatoms. The molecule has 1 nitrogen and oxygen atoms in total. The number of hydrogen-bond donors (Lipinski definition) is 0. The molecule has 2 rings (SSSR count). The maximum Gasteiger partial charge on any atom is 0.00966 e. The molecule has 94 valence electrons. The lowest BCUT2D eigenvalue weighted by molar-refractivity contribution is 0.115. The average Bonchev–Trinajstić information content (AvgIpc) is 2.80. The van der Waals surface area contributed by atoms with Gasteiger partial charge >= 0.3 is 0 Å². The van der Waals surface area contributed by atoms with E-state index in [-0.39, 0.29) is 0 Å². The molecule has 2 unspecified atom stereocenters. The lowest BCUT2D eigenvalue weighted by atomic mass is 9.66. The monoisotopic (exact) mass is 223 g/mol. The highest BCUT2D eigenvalue weighted by Gasteiger charge is 2.47. The second-order valence-electron chi connectivity index (χ2n) is 8.13. The van der Waals surface area contributed by atoms with Gasteiger partial charge in [0.1, 0.15) is 0 Å². The van der Waals surface area contributed by atoms with Gasteiger partial charge in [-0.15, -0.1) is 0 Å². The fourth-order valence-corrected chi connectivity index (χ4v) is 3.33. The van der Waals surface area contributed by atoms with Crippen LogP contribution in [-0.2, 0) is 0 Å². The SMILES string of the molecule is CC(C)(C)C1CN(C2CC2)CC1C(C)(C)C. The molecule has 2 aliphatic rings. The van der Waals surface area contributed by atoms with E-state index in [1.807, 2.05) is 0 Å². The van der Waals surface area contributed by atoms with Gasteiger partial charge < -0.3 is 0 Å². The van der Waals surface area contributed by atoms with Gasteiger partial charge in [-0.25, -0.2) is 0 Å². The molecule has 16 heavy (non-hydrogen) atoms. The van der Waals surface area contributed by atoms with Gasteiger partial charge in [-0.2, -0.15) is 0 Å². The van der Waals surface area contributed by atoms with Crippen molar-refractivity contribution >= 4 is 0 Å². The standard InChI is InChI=1S/C15H29N/c1-14(2,3)12-9-16(11-7-8-11)10-13(12)15(4,5)6/h11-13H,7-10H2,1-6H3. The summed E-state index contributed by atoms with van der Waals surface area (Å²) in [5.74, 6) is 1.74. The van der Waals surface area contributed by atoms with Crippen molar-refractivity contribution in [1.82, 2.24) is 4.90 Å². The Labute approximate surface area is 102 Å². The third kappa shape index (κ3) is 2.45. The minimum atomic E-state index is 0.460. The van der Waals surface area contributed by atoms with E-state index in [9.17, 15) is 0 Å². The van der Waals surface area contributed by atoms with Crippen molar-refractivity contribution in [2.45, 2.75) is 60.4 Å². The van der Waals surface area contributed by atoms with Gasteiger partial charge in [-0.3, -0.25) is 4.90 Å². The molecule has 0 aromatic heterocycles. The van der Waals surface area contributed by atoms with Crippen LogP contribution >= 0.6 is 0 Å². The third-order valence-corrected chi connectivity index (χ3v) is 4.64. The summed E-state index contributed by atoms with van der Waals surface area (Å²) in [6.07, 6.45) is 2.90. The van der Waals surface area contributed by atoms with Crippen molar-refractivity contribution in [2.75, 3.05) is 13.1 Å². The van der Waals surface area contributed by atoms with Gasteiger partial charge in [0, 0.05) is 19.1 Å². The van der Waals surface area contributed by atoms with Crippen molar-refractivity contribution in [3.05, 3.63) is 0 Å². The quantitative estimate of drug-likeness (QED) is 0.654. The van der Waals surface area contributed by atoms with Crippen LogP contribution in [0.5, 0.6) is 0 Å². The fourth-order valence-electron chi connectivity index (χ4n) is 3.33. The van der Waals surface area contributed by atoms with Gasteiger partial charge in [-0.05, 0) is 35.5 Å². The molecule has 2 atom stereocenters. The van der Waals surface area contributed by atoms with Gasteiger partial charge in [-0.1, -0.05) is 41.5 Å². The molecule has 0 spiro atoms. The molecule has 2 fully saturated rings. The summed E-state index contributed by atoms with van der Waals surface area (Å²) in [4.78, 5) is 2.77. The molecule has 1 saturated heterocycles. The number of rotatable bonds is 1. The molecule has 1 heterocycles. The zero-order valence-electron chi connectivity index (χ0n) is 12.0. The van der Waals surface area contributed by atoms with Crippen LogP contribution in [0.3, 0.4) is 0 Å². The predicted molar refractivity (Wildman–Crippen MR) is 70.5 cm³/mol. The Morgan fingerprint density at radius 2 is 1.12 bits per heavy atom. The van der Waals surface area contributed by atoms with Crippen LogP contribution < -0.4 is 0 Å². The van der Waals surface area contributed by atoms with E-state index in [1.54, 1.807) is 0 Å². The highest BCUT2D eigenvalue weighted by atomic mass is 15.2. The molecule has 0 amide bonds. The van der Waals surface area contributed by atoms with Crippen LogP contribution in [0.4, 0.5) is 0 Å². The third-order valence-electron chi connectivity index (χ3n) is 4.64. The molecular weight excluding hydrogens is 194 g/mol. The Morgan fingerprint density at radius 3 is 1.38 bits per heavy atom. The minimum Gasteiger partial charge on any atom is -0.300 e. The summed E-state index contributed by atoms with van der Waals surface area (Å²) in [5, 5.41) is 0. The Balaban J connectivity index is 2.13. The van der Waals surface area contributed by atoms with Crippen LogP contribution in [0.2, 0.25) is 0 Å². The Bertz CT molecular complexity index is 230. The lowest BCUT2D eigenvalue weighted by Crippen LogP contribution is -2.34. The summed E-state index contributed by atoms with van der Waals surface area (Å²) < 4.78 is 0. The molecule has 0 radical (unpaired) electrons. The molecular formula is C15H29N. The normalized spacial score (nSPS) is 33.4. The topological polar surface area (TPSA) is 3.24 Å².